The normalized spacial score (nSPS) is 14.2. The second-order valence-electron chi connectivity index (χ2n) is 20.2. The summed E-state index contributed by atoms with van der Waals surface area (Å²) in [6, 6.07) is 58.6. The topological polar surface area (TPSA) is 6.48 Å². The molecule has 0 heterocycles. The maximum atomic E-state index is 2.51. The predicted octanol–water partition coefficient (Wildman–Crippen LogP) is 19.7. The van der Waals surface area contributed by atoms with Gasteiger partial charge in [0.1, 0.15) is 0 Å². The van der Waals surface area contributed by atoms with Gasteiger partial charge in [-0.2, -0.15) is 0 Å². The van der Waals surface area contributed by atoms with E-state index in [1.807, 2.05) is 0 Å². The van der Waals surface area contributed by atoms with Crippen LogP contribution in [0.3, 0.4) is 0 Å². The van der Waals surface area contributed by atoms with Crippen molar-refractivity contribution in [2.24, 2.45) is 5.92 Å². The third-order valence-corrected chi connectivity index (χ3v) is 16.0. The standard InChI is InChI=1S/C70H66N2/c1-9-49-27-31-61(41-51(49)11-3)71(59-29-21-45(5)47(7)37-59)63-33-35-65-67(43-63)69(57-25-23-53-17-13-15-19-55(53)39-57)66-36-34-64(44-68(66)70(65)58-26-24-54-18-14-16-20-56(54)40-58)72(60-30-22-46(6)48(8)38-60)62-32-28-50(10-2)52(12-4)42-62/h13-39,41-44,56H,9-12,40H2,1-8H3. The zero-order chi connectivity index (χ0) is 49.6. The van der Waals surface area contributed by atoms with E-state index in [0.29, 0.717) is 5.92 Å². The van der Waals surface area contributed by atoms with Crippen LogP contribution in [0, 0.1) is 33.6 Å². The Morgan fingerprint density at radius 3 is 1.47 bits per heavy atom. The summed E-state index contributed by atoms with van der Waals surface area (Å²) in [5.74, 6) is 0.318. The fourth-order valence-corrected chi connectivity index (χ4v) is 11.6. The number of hydrogen-bond acceptors (Lipinski definition) is 2. The fraction of sp³-hybridized carbons (Fsp3) is 0.200. The smallest absolute Gasteiger partial charge is 0.0468 e. The summed E-state index contributed by atoms with van der Waals surface area (Å²) in [5, 5.41) is 7.50. The molecular formula is C70H66N2. The first kappa shape index (κ1) is 46.7. The van der Waals surface area contributed by atoms with Crippen LogP contribution in [0.2, 0.25) is 0 Å². The average Bonchev–Trinajstić information content (AvgIpc) is 3.41. The van der Waals surface area contributed by atoms with E-state index in [0.717, 1.165) is 49.2 Å². The van der Waals surface area contributed by atoms with Gasteiger partial charge >= 0.3 is 0 Å². The van der Waals surface area contributed by atoms with Crippen LogP contribution in [0.1, 0.15) is 84.2 Å². The van der Waals surface area contributed by atoms with Gasteiger partial charge in [-0.05, 0) is 243 Å². The Morgan fingerprint density at radius 1 is 0.403 bits per heavy atom. The Labute approximate surface area is 428 Å². The molecule has 0 saturated heterocycles. The van der Waals surface area contributed by atoms with Crippen LogP contribution in [0.4, 0.5) is 34.1 Å². The summed E-state index contributed by atoms with van der Waals surface area (Å²) >= 11 is 0. The summed E-state index contributed by atoms with van der Waals surface area (Å²) in [7, 11) is 0. The van der Waals surface area contributed by atoms with E-state index in [-0.39, 0.29) is 0 Å². The van der Waals surface area contributed by atoms with Gasteiger partial charge in [-0.1, -0.05) is 137 Å². The molecular weight excluding hydrogens is 869 g/mol. The van der Waals surface area contributed by atoms with Crippen LogP contribution in [-0.2, 0) is 25.7 Å². The molecule has 0 amide bonds. The third kappa shape index (κ3) is 8.47. The maximum Gasteiger partial charge on any atom is 0.0468 e. The van der Waals surface area contributed by atoms with E-state index >= 15 is 0 Å². The molecule has 2 aliphatic carbocycles. The molecule has 2 nitrogen and oxygen atoms in total. The molecule has 356 valence electrons. The van der Waals surface area contributed by atoms with Crippen molar-refractivity contribution in [3.05, 3.63) is 244 Å². The van der Waals surface area contributed by atoms with E-state index in [1.54, 1.807) is 0 Å². The van der Waals surface area contributed by atoms with Crippen LogP contribution < -0.4 is 9.80 Å². The molecule has 0 radical (unpaired) electrons. The lowest BCUT2D eigenvalue weighted by Gasteiger charge is -2.30. The van der Waals surface area contributed by atoms with E-state index in [2.05, 4.69) is 253 Å². The van der Waals surface area contributed by atoms with Crippen molar-refractivity contribution in [2.45, 2.75) is 87.5 Å². The number of hydrogen-bond donors (Lipinski definition) is 0. The molecule has 9 aromatic rings. The van der Waals surface area contributed by atoms with Crippen molar-refractivity contribution in [3.8, 4) is 11.1 Å². The Balaban J connectivity index is 1.24. The average molecular weight is 935 g/mol. The molecule has 11 rings (SSSR count). The van der Waals surface area contributed by atoms with Crippen LogP contribution in [-0.4, -0.2) is 0 Å². The molecule has 0 spiro atoms. The second kappa shape index (κ2) is 19.5. The highest BCUT2D eigenvalue weighted by atomic mass is 15.1. The van der Waals surface area contributed by atoms with Crippen LogP contribution in [0.15, 0.2) is 194 Å². The van der Waals surface area contributed by atoms with Crippen LogP contribution in [0.25, 0.3) is 49.0 Å². The quantitative estimate of drug-likeness (QED) is 0.113. The van der Waals surface area contributed by atoms with Crippen molar-refractivity contribution >= 4 is 72.0 Å². The van der Waals surface area contributed by atoms with Crippen molar-refractivity contribution < 1.29 is 0 Å². The largest absolute Gasteiger partial charge is 0.310 e. The van der Waals surface area contributed by atoms with Crippen molar-refractivity contribution in [3.63, 3.8) is 0 Å². The highest BCUT2D eigenvalue weighted by molar-refractivity contribution is 6.21. The molecule has 0 bridgehead atoms. The molecule has 1 atom stereocenters. The number of anilines is 6. The molecule has 2 heteroatoms. The van der Waals surface area contributed by atoms with Gasteiger partial charge < -0.3 is 9.80 Å². The SMILES string of the molecule is CCc1ccc(N(c2ccc(C)c(C)c2)c2ccc3c(-c4ccc5ccccc5c4)c4cc(N(c5ccc(C)c(C)c5)c5ccc(CC)c(CC)c5)ccc4c(C4=CC=C5C=CC=CC5C4)c3c2)cc1CC. The Morgan fingerprint density at radius 2 is 0.903 bits per heavy atom. The zero-order valence-corrected chi connectivity index (χ0v) is 43.4. The van der Waals surface area contributed by atoms with E-state index in [9.17, 15) is 0 Å². The highest BCUT2D eigenvalue weighted by Crippen LogP contribution is 2.50. The fourth-order valence-electron chi connectivity index (χ4n) is 11.6. The monoisotopic (exact) mass is 935 g/mol. The molecule has 1 unspecified atom stereocenters. The number of allylic oxidation sites excluding steroid dienone is 8. The lowest BCUT2D eigenvalue weighted by atomic mass is 9.78. The number of nitrogens with zero attached hydrogens (tertiary/aromatic N) is 2. The van der Waals surface area contributed by atoms with Gasteiger partial charge in [-0.3, -0.25) is 0 Å². The van der Waals surface area contributed by atoms with Gasteiger partial charge in [0.2, 0.25) is 0 Å². The van der Waals surface area contributed by atoms with Crippen LogP contribution in [0.5, 0.6) is 0 Å². The molecule has 0 N–H and O–H groups in total. The van der Waals surface area contributed by atoms with Crippen molar-refractivity contribution in [2.75, 3.05) is 9.80 Å². The van der Waals surface area contributed by atoms with Gasteiger partial charge in [0.05, 0.1) is 0 Å². The van der Waals surface area contributed by atoms with E-state index in [1.165, 1.54) is 122 Å². The first-order chi connectivity index (χ1) is 35.1. The number of aryl methyl sites for hydroxylation is 8. The van der Waals surface area contributed by atoms with Gasteiger partial charge in [0.25, 0.3) is 0 Å². The van der Waals surface area contributed by atoms with Crippen molar-refractivity contribution in [1.82, 2.24) is 0 Å². The highest BCUT2D eigenvalue weighted by Gasteiger charge is 2.26. The first-order valence-electron chi connectivity index (χ1n) is 26.4. The minimum atomic E-state index is 0.318. The summed E-state index contributed by atoms with van der Waals surface area (Å²) in [5.41, 5.74) is 24.3. The number of rotatable bonds is 12. The molecule has 0 fully saturated rings. The summed E-state index contributed by atoms with van der Waals surface area (Å²) < 4.78 is 0. The predicted molar refractivity (Wildman–Crippen MR) is 313 cm³/mol. The molecule has 0 aliphatic heterocycles. The lowest BCUT2D eigenvalue weighted by molar-refractivity contribution is 0.794. The first-order valence-corrected chi connectivity index (χ1v) is 26.4. The molecule has 9 aromatic carbocycles. The Bertz CT molecular complexity index is 3720. The summed E-state index contributed by atoms with van der Waals surface area (Å²) in [4.78, 5) is 4.99. The zero-order valence-electron chi connectivity index (χ0n) is 43.4. The van der Waals surface area contributed by atoms with Gasteiger partial charge in [0, 0.05) is 40.0 Å². The lowest BCUT2D eigenvalue weighted by Crippen LogP contribution is -2.12. The van der Waals surface area contributed by atoms with E-state index < -0.39 is 0 Å². The third-order valence-electron chi connectivity index (χ3n) is 16.0. The minimum Gasteiger partial charge on any atom is -0.310 e. The Kier molecular flexibility index (Phi) is 12.6. The summed E-state index contributed by atoms with van der Waals surface area (Å²) in [6.45, 7) is 18.0. The second-order valence-corrected chi connectivity index (χ2v) is 20.2. The summed E-state index contributed by atoms with van der Waals surface area (Å²) in [6.07, 6.45) is 18.8. The minimum absolute atomic E-state index is 0.318. The van der Waals surface area contributed by atoms with Gasteiger partial charge in [-0.25, -0.2) is 0 Å². The van der Waals surface area contributed by atoms with E-state index in [4.69, 9.17) is 0 Å². The Hall–Kier alpha value is -7.68. The number of benzene rings is 9. The van der Waals surface area contributed by atoms with Gasteiger partial charge in [-0.15, -0.1) is 0 Å². The maximum absolute atomic E-state index is 2.51. The van der Waals surface area contributed by atoms with Gasteiger partial charge in [0.15, 0.2) is 0 Å². The number of fused-ring (bicyclic) bond motifs is 4. The molecule has 72 heavy (non-hydrogen) atoms. The van der Waals surface area contributed by atoms with Crippen LogP contribution >= 0.6 is 0 Å². The molecule has 0 saturated carbocycles. The van der Waals surface area contributed by atoms with Crippen molar-refractivity contribution in [1.29, 1.82) is 0 Å². The molecule has 0 aromatic heterocycles. The molecule has 2 aliphatic rings.